The fourth-order valence-electron chi connectivity index (χ4n) is 2.09. The molecule has 1 unspecified atom stereocenters. The molecule has 4 nitrogen and oxygen atoms in total. The molecule has 17 heavy (non-hydrogen) atoms. The average Bonchev–Trinajstić information content (AvgIpc) is 2.30. The van der Waals surface area contributed by atoms with Crippen molar-refractivity contribution in [3.8, 4) is 0 Å². The zero-order valence-corrected chi connectivity index (χ0v) is 10.1. The predicted molar refractivity (Wildman–Crippen MR) is 64.3 cm³/mol. The zero-order valence-electron chi connectivity index (χ0n) is 10.1. The van der Waals surface area contributed by atoms with Crippen LogP contribution in [0.1, 0.15) is 24.1 Å². The molecular formula is C13H16N2O2. The molecule has 1 atom stereocenters. The van der Waals surface area contributed by atoms with E-state index in [0.29, 0.717) is 13.1 Å². The molecule has 1 N–H and O–H groups in total. The second kappa shape index (κ2) is 4.57. The third kappa shape index (κ3) is 2.30. The van der Waals surface area contributed by atoms with Crippen LogP contribution in [0.25, 0.3) is 0 Å². The maximum Gasteiger partial charge on any atom is 0.247 e. The number of amides is 2. The molecule has 0 radical (unpaired) electrons. The molecular weight excluding hydrogens is 216 g/mol. The maximum absolute atomic E-state index is 11.9. The Morgan fingerprint density at radius 2 is 2.00 bits per heavy atom. The molecule has 0 aliphatic carbocycles. The van der Waals surface area contributed by atoms with Crippen LogP contribution in [0, 0.1) is 6.92 Å². The number of carbonyl (C=O) groups is 2. The highest BCUT2D eigenvalue weighted by atomic mass is 16.2. The van der Waals surface area contributed by atoms with Crippen LogP contribution in [0.4, 0.5) is 0 Å². The van der Waals surface area contributed by atoms with Gasteiger partial charge in [0.25, 0.3) is 0 Å². The topological polar surface area (TPSA) is 49.4 Å². The van der Waals surface area contributed by atoms with Crippen LogP contribution in [-0.2, 0) is 9.59 Å². The zero-order chi connectivity index (χ0) is 12.4. The van der Waals surface area contributed by atoms with Gasteiger partial charge >= 0.3 is 0 Å². The van der Waals surface area contributed by atoms with Gasteiger partial charge in [0.2, 0.25) is 11.8 Å². The second-order valence-electron chi connectivity index (χ2n) is 4.32. The summed E-state index contributed by atoms with van der Waals surface area (Å²) in [4.78, 5) is 25.0. The highest BCUT2D eigenvalue weighted by molar-refractivity contribution is 5.89. The molecule has 1 fully saturated rings. The van der Waals surface area contributed by atoms with Crippen molar-refractivity contribution in [2.45, 2.75) is 19.9 Å². The van der Waals surface area contributed by atoms with Crippen LogP contribution in [0.15, 0.2) is 24.3 Å². The van der Waals surface area contributed by atoms with Crippen molar-refractivity contribution in [3.05, 3.63) is 35.4 Å². The fraction of sp³-hybridized carbons (Fsp3) is 0.385. The lowest BCUT2D eigenvalue weighted by atomic mass is 10.0. The molecule has 0 spiro atoms. The maximum atomic E-state index is 11.9. The lowest BCUT2D eigenvalue weighted by Gasteiger charge is -2.34. The van der Waals surface area contributed by atoms with Crippen LogP contribution in [-0.4, -0.2) is 29.8 Å². The number of nitrogens with one attached hydrogen (secondary N) is 1. The Balaban J connectivity index is 2.34. The van der Waals surface area contributed by atoms with E-state index in [9.17, 15) is 9.59 Å². The van der Waals surface area contributed by atoms with Gasteiger partial charge in [-0.25, -0.2) is 0 Å². The molecule has 1 heterocycles. The van der Waals surface area contributed by atoms with Gasteiger partial charge < -0.3 is 10.2 Å². The normalized spacial score (nSPS) is 20.0. The summed E-state index contributed by atoms with van der Waals surface area (Å²) >= 11 is 0. The molecule has 4 heteroatoms. The van der Waals surface area contributed by atoms with Crippen LogP contribution >= 0.6 is 0 Å². The first-order valence-electron chi connectivity index (χ1n) is 5.71. The Labute approximate surface area is 101 Å². The minimum absolute atomic E-state index is 0.0644. The summed E-state index contributed by atoms with van der Waals surface area (Å²) in [5.74, 6) is -0.166. The van der Waals surface area contributed by atoms with Gasteiger partial charge in [0.05, 0.1) is 0 Å². The molecule has 1 aliphatic heterocycles. The van der Waals surface area contributed by atoms with Gasteiger partial charge in [0, 0.05) is 20.0 Å². The van der Waals surface area contributed by atoms with Gasteiger partial charge in [-0.2, -0.15) is 0 Å². The molecule has 1 aromatic carbocycles. The highest BCUT2D eigenvalue weighted by Crippen LogP contribution is 2.23. The molecule has 2 amide bonds. The van der Waals surface area contributed by atoms with Gasteiger partial charge in [-0.15, -0.1) is 0 Å². The van der Waals surface area contributed by atoms with Gasteiger partial charge in [-0.3, -0.25) is 9.59 Å². The molecule has 1 saturated heterocycles. The summed E-state index contributed by atoms with van der Waals surface area (Å²) in [6.45, 7) is 4.59. The first-order valence-corrected chi connectivity index (χ1v) is 5.71. The summed E-state index contributed by atoms with van der Waals surface area (Å²) < 4.78 is 0. The van der Waals surface area contributed by atoms with Gasteiger partial charge in [0.15, 0.2) is 0 Å². The number of carbonyl (C=O) groups excluding carboxylic acids is 2. The quantitative estimate of drug-likeness (QED) is 0.785. The molecule has 0 saturated carbocycles. The molecule has 0 aromatic heterocycles. The highest BCUT2D eigenvalue weighted by Gasteiger charge is 2.32. The third-order valence-corrected chi connectivity index (χ3v) is 3.01. The lowest BCUT2D eigenvalue weighted by Crippen LogP contribution is -2.51. The van der Waals surface area contributed by atoms with E-state index in [0.717, 1.165) is 11.1 Å². The summed E-state index contributed by atoms with van der Waals surface area (Å²) in [6.07, 6.45) is 0. The summed E-state index contributed by atoms with van der Waals surface area (Å²) in [5.41, 5.74) is 2.00. The molecule has 1 aliphatic rings. The number of benzene rings is 1. The van der Waals surface area contributed by atoms with Crippen LogP contribution in [0.5, 0.6) is 0 Å². The SMILES string of the molecule is CC(=O)N1CCNC(=O)C1c1ccc(C)cc1. The van der Waals surface area contributed by atoms with Crippen molar-refractivity contribution in [1.82, 2.24) is 10.2 Å². The number of piperazine rings is 1. The number of nitrogens with zero attached hydrogens (tertiary/aromatic N) is 1. The standard InChI is InChI=1S/C13H16N2O2/c1-9-3-5-11(6-4-9)12-13(17)14-7-8-15(12)10(2)16/h3-6,12H,7-8H2,1-2H3,(H,14,17). The van der Waals surface area contributed by atoms with E-state index in [4.69, 9.17) is 0 Å². The van der Waals surface area contributed by atoms with Crippen molar-refractivity contribution >= 4 is 11.8 Å². The van der Waals surface area contributed by atoms with Crippen molar-refractivity contribution in [1.29, 1.82) is 0 Å². The fourth-order valence-corrected chi connectivity index (χ4v) is 2.09. The molecule has 90 valence electrons. The number of hydrogen-bond donors (Lipinski definition) is 1. The largest absolute Gasteiger partial charge is 0.352 e. The van der Waals surface area contributed by atoms with Crippen molar-refractivity contribution in [2.24, 2.45) is 0 Å². The Morgan fingerprint density at radius 1 is 1.35 bits per heavy atom. The van der Waals surface area contributed by atoms with Crippen molar-refractivity contribution in [2.75, 3.05) is 13.1 Å². The third-order valence-electron chi connectivity index (χ3n) is 3.01. The number of aryl methyl sites for hydroxylation is 1. The van der Waals surface area contributed by atoms with E-state index in [1.54, 1.807) is 4.90 Å². The van der Waals surface area contributed by atoms with E-state index >= 15 is 0 Å². The molecule has 2 rings (SSSR count). The Kier molecular flexibility index (Phi) is 3.13. The molecule has 0 bridgehead atoms. The van der Waals surface area contributed by atoms with E-state index < -0.39 is 6.04 Å². The van der Waals surface area contributed by atoms with Gasteiger partial charge in [-0.05, 0) is 12.5 Å². The van der Waals surface area contributed by atoms with E-state index in [1.807, 2.05) is 31.2 Å². The van der Waals surface area contributed by atoms with Crippen LogP contribution < -0.4 is 5.32 Å². The second-order valence-corrected chi connectivity index (χ2v) is 4.32. The first kappa shape index (κ1) is 11.6. The van der Waals surface area contributed by atoms with Gasteiger partial charge in [-0.1, -0.05) is 29.8 Å². The number of rotatable bonds is 1. The van der Waals surface area contributed by atoms with E-state index in [1.165, 1.54) is 6.92 Å². The Hall–Kier alpha value is -1.84. The number of hydrogen-bond acceptors (Lipinski definition) is 2. The Morgan fingerprint density at radius 3 is 2.59 bits per heavy atom. The van der Waals surface area contributed by atoms with Crippen LogP contribution in [0.2, 0.25) is 0 Å². The Bertz CT molecular complexity index is 439. The lowest BCUT2D eigenvalue weighted by molar-refractivity contribution is -0.142. The predicted octanol–water partition coefficient (Wildman–Crippen LogP) is 1.01. The van der Waals surface area contributed by atoms with E-state index in [-0.39, 0.29) is 11.8 Å². The minimum atomic E-state index is -0.484. The summed E-state index contributed by atoms with van der Waals surface area (Å²) in [6, 6.07) is 7.23. The van der Waals surface area contributed by atoms with Crippen molar-refractivity contribution in [3.63, 3.8) is 0 Å². The first-order chi connectivity index (χ1) is 8.09. The van der Waals surface area contributed by atoms with E-state index in [2.05, 4.69) is 5.32 Å². The minimum Gasteiger partial charge on any atom is -0.352 e. The van der Waals surface area contributed by atoms with Crippen LogP contribution in [0.3, 0.4) is 0 Å². The smallest absolute Gasteiger partial charge is 0.247 e. The molecule has 1 aromatic rings. The average molecular weight is 232 g/mol. The van der Waals surface area contributed by atoms with Gasteiger partial charge in [0.1, 0.15) is 6.04 Å². The van der Waals surface area contributed by atoms with Crippen molar-refractivity contribution < 1.29 is 9.59 Å². The summed E-state index contributed by atoms with van der Waals surface area (Å²) in [5, 5.41) is 2.80. The monoisotopic (exact) mass is 232 g/mol. The summed E-state index contributed by atoms with van der Waals surface area (Å²) in [7, 11) is 0.